The third-order valence-corrected chi connectivity index (χ3v) is 4.06. The molecule has 1 aliphatic rings. The molecule has 7 nitrogen and oxygen atoms in total. The lowest BCUT2D eigenvalue weighted by molar-refractivity contribution is -0.139. The first-order valence-electron chi connectivity index (χ1n) is 8.49. The molecule has 0 atom stereocenters. The molecule has 0 radical (unpaired) electrons. The number of carbonyl (C=O) groups is 2. The van der Waals surface area contributed by atoms with Gasteiger partial charge in [-0.3, -0.25) is 4.79 Å². The van der Waals surface area contributed by atoms with Crippen molar-refractivity contribution in [3.63, 3.8) is 0 Å². The third kappa shape index (κ3) is 4.95. The number of amides is 1. The molecule has 0 bridgehead atoms. The van der Waals surface area contributed by atoms with Gasteiger partial charge >= 0.3 is 5.97 Å². The Morgan fingerprint density at radius 2 is 1.85 bits per heavy atom. The van der Waals surface area contributed by atoms with E-state index in [0.717, 1.165) is 12.8 Å². The molecule has 0 spiro atoms. The summed E-state index contributed by atoms with van der Waals surface area (Å²) in [5, 5.41) is 11.3. The van der Waals surface area contributed by atoms with Crippen LogP contribution >= 0.6 is 0 Å². The van der Waals surface area contributed by atoms with Crippen LogP contribution in [0.1, 0.15) is 36.0 Å². The van der Waals surface area contributed by atoms with E-state index in [2.05, 4.69) is 10.3 Å². The summed E-state index contributed by atoms with van der Waals surface area (Å²) in [6, 6.07) is 9.85. The maximum atomic E-state index is 12.3. The summed E-state index contributed by atoms with van der Waals surface area (Å²) < 4.78 is 10.8. The molecule has 2 aromatic rings. The molecule has 7 heteroatoms. The van der Waals surface area contributed by atoms with Crippen molar-refractivity contribution in [2.45, 2.75) is 31.8 Å². The number of aliphatic carboxylic acids is 1. The molecule has 3 rings (SSSR count). The molecule has 2 N–H and O–H groups in total. The number of nitrogens with one attached hydrogen (secondary N) is 1. The van der Waals surface area contributed by atoms with Crippen LogP contribution in [0.4, 0.5) is 5.69 Å². The molecular formula is C19H20N2O5. The van der Waals surface area contributed by atoms with Crippen molar-refractivity contribution in [3.8, 4) is 11.6 Å². The van der Waals surface area contributed by atoms with Crippen molar-refractivity contribution >= 4 is 17.6 Å². The molecule has 1 heterocycles. The topological polar surface area (TPSA) is 97.8 Å². The third-order valence-electron chi connectivity index (χ3n) is 4.06. The SMILES string of the molecule is O=C(O)COc1ccc(NC(=O)c2ccc(OC3CCCC3)nc2)cc1. The van der Waals surface area contributed by atoms with Crippen LogP contribution in [0.2, 0.25) is 0 Å². The summed E-state index contributed by atoms with van der Waals surface area (Å²) in [5.74, 6) is -0.381. The number of pyridine rings is 1. The number of benzene rings is 1. The van der Waals surface area contributed by atoms with Gasteiger partial charge in [-0.25, -0.2) is 9.78 Å². The van der Waals surface area contributed by atoms with E-state index in [1.807, 2.05) is 0 Å². The van der Waals surface area contributed by atoms with Gasteiger partial charge in [-0.05, 0) is 56.0 Å². The van der Waals surface area contributed by atoms with Crippen LogP contribution in [0.3, 0.4) is 0 Å². The molecule has 1 amide bonds. The standard InChI is InChI=1S/C19H20N2O5/c22-18(23)12-25-15-8-6-14(7-9-15)21-19(24)13-5-10-17(20-11-13)26-16-3-1-2-4-16/h5-11,16H,1-4,12H2,(H,21,24)(H,22,23). The highest BCUT2D eigenvalue weighted by Crippen LogP contribution is 2.23. The first kappa shape index (κ1) is 17.7. The minimum absolute atomic E-state index is 0.226. The predicted molar refractivity (Wildman–Crippen MR) is 94.6 cm³/mol. The van der Waals surface area contributed by atoms with Crippen LogP contribution in [0, 0.1) is 0 Å². The van der Waals surface area contributed by atoms with E-state index in [1.54, 1.807) is 36.4 Å². The largest absolute Gasteiger partial charge is 0.482 e. The quantitative estimate of drug-likeness (QED) is 0.791. The first-order chi connectivity index (χ1) is 12.6. The number of carbonyl (C=O) groups excluding carboxylic acids is 1. The number of ether oxygens (including phenoxy) is 2. The Balaban J connectivity index is 1.54. The smallest absolute Gasteiger partial charge is 0.341 e. The molecule has 26 heavy (non-hydrogen) atoms. The van der Waals surface area contributed by atoms with Gasteiger partial charge in [-0.1, -0.05) is 0 Å². The van der Waals surface area contributed by atoms with E-state index in [4.69, 9.17) is 14.6 Å². The van der Waals surface area contributed by atoms with Crippen molar-refractivity contribution in [2.75, 3.05) is 11.9 Å². The highest BCUT2D eigenvalue weighted by molar-refractivity contribution is 6.04. The van der Waals surface area contributed by atoms with Crippen LogP contribution < -0.4 is 14.8 Å². The molecule has 1 aromatic carbocycles. The van der Waals surface area contributed by atoms with Gasteiger partial charge in [0.25, 0.3) is 5.91 Å². The number of carboxylic acids is 1. The van der Waals surface area contributed by atoms with Crippen molar-refractivity contribution in [1.29, 1.82) is 0 Å². The number of carboxylic acid groups (broad SMARTS) is 1. The molecule has 1 aliphatic carbocycles. The molecular weight excluding hydrogens is 336 g/mol. The maximum absolute atomic E-state index is 12.3. The monoisotopic (exact) mass is 356 g/mol. The lowest BCUT2D eigenvalue weighted by Gasteiger charge is -2.12. The van der Waals surface area contributed by atoms with E-state index < -0.39 is 12.6 Å². The van der Waals surface area contributed by atoms with Gasteiger partial charge in [-0.15, -0.1) is 0 Å². The zero-order chi connectivity index (χ0) is 18.4. The average Bonchev–Trinajstić information content (AvgIpc) is 3.14. The van der Waals surface area contributed by atoms with Crippen LogP contribution in [0.15, 0.2) is 42.6 Å². The summed E-state index contributed by atoms with van der Waals surface area (Å²) in [7, 11) is 0. The van der Waals surface area contributed by atoms with Gasteiger partial charge in [0, 0.05) is 18.0 Å². The minimum Gasteiger partial charge on any atom is -0.482 e. The summed E-state index contributed by atoms with van der Waals surface area (Å²) in [5.41, 5.74) is 0.999. The molecule has 0 unspecified atom stereocenters. The van der Waals surface area contributed by atoms with Gasteiger partial charge in [-0.2, -0.15) is 0 Å². The fraction of sp³-hybridized carbons (Fsp3) is 0.316. The van der Waals surface area contributed by atoms with E-state index in [-0.39, 0.29) is 12.0 Å². The Kier molecular flexibility index (Phi) is 5.68. The number of anilines is 1. The normalized spacial score (nSPS) is 14.0. The van der Waals surface area contributed by atoms with Crippen LogP contribution in [-0.4, -0.2) is 34.7 Å². The van der Waals surface area contributed by atoms with Crippen molar-refractivity contribution in [3.05, 3.63) is 48.2 Å². The number of nitrogens with zero attached hydrogens (tertiary/aromatic N) is 1. The second-order valence-electron chi connectivity index (χ2n) is 6.07. The number of hydrogen-bond donors (Lipinski definition) is 2. The number of rotatable bonds is 7. The summed E-state index contributed by atoms with van der Waals surface area (Å²) in [4.78, 5) is 26.9. The predicted octanol–water partition coefficient (Wildman–Crippen LogP) is 3.12. The second-order valence-corrected chi connectivity index (χ2v) is 6.07. The Bertz CT molecular complexity index is 753. The Hall–Kier alpha value is -3.09. The van der Waals surface area contributed by atoms with Crippen LogP contribution in [0.5, 0.6) is 11.6 Å². The van der Waals surface area contributed by atoms with E-state index in [0.29, 0.717) is 22.9 Å². The van der Waals surface area contributed by atoms with E-state index in [1.165, 1.54) is 19.0 Å². The molecule has 0 aliphatic heterocycles. The zero-order valence-electron chi connectivity index (χ0n) is 14.2. The molecule has 136 valence electrons. The van der Waals surface area contributed by atoms with E-state index in [9.17, 15) is 9.59 Å². The summed E-state index contributed by atoms with van der Waals surface area (Å²) in [6.07, 6.45) is 6.19. The van der Waals surface area contributed by atoms with Crippen molar-refractivity contribution in [2.24, 2.45) is 0 Å². The van der Waals surface area contributed by atoms with Gasteiger partial charge in [0.05, 0.1) is 5.56 Å². The Morgan fingerprint density at radius 3 is 2.46 bits per heavy atom. The fourth-order valence-corrected chi connectivity index (χ4v) is 2.74. The number of hydrogen-bond acceptors (Lipinski definition) is 5. The highest BCUT2D eigenvalue weighted by Gasteiger charge is 2.17. The van der Waals surface area contributed by atoms with Gasteiger partial charge < -0.3 is 19.9 Å². The van der Waals surface area contributed by atoms with Gasteiger partial charge in [0.2, 0.25) is 5.88 Å². The van der Waals surface area contributed by atoms with Crippen LogP contribution in [-0.2, 0) is 4.79 Å². The van der Waals surface area contributed by atoms with Crippen molar-refractivity contribution < 1.29 is 24.2 Å². The van der Waals surface area contributed by atoms with Gasteiger partial charge in [0.15, 0.2) is 6.61 Å². The molecule has 0 saturated heterocycles. The van der Waals surface area contributed by atoms with Crippen LogP contribution in [0.25, 0.3) is 0 Å². The minimum atomic E-state index is -1.05. The lowest BCUT2D eigenvalue weighted by Crippen LogP contribution is -2.14. The Labute approximate surface area is 151 Å². The molecule has 1 aromatic heterocycles. The average molecular weight is 356 g/mol. The second kappa shape index (κ2) is 8.33. The molecule has 1 saturated carbocycles. The zero-order valence-corrected chi connectivity index (χ0v) is 14.2. The van der Waals surface area contributed by atoms with Crippen molar-refractivity contribution in [1.82, 2.24) is 4.98 Å². The highest BCUT2D eigenvalue weighted by atomic mass is 16.5. The van der Waals surface area contributed by atoms with E-state index >= 15 is 0 Å². The van der Waals surface area contributed by atoms with Gasteiger partial charge in [0.1, 0.15) is 11.9 Å². The Morgan fingerprint density at radius 1 is 1.12 bits per heavy atom. The first-order valence-corrected chi connectivity index (χ1v) is 8.49. The maximum Gasteiger partial charge on any atom is 0.341 e. The number of aromatic nitrogens is 1. The fourth-order valence-electron chi connectivity index (χ4n) is 2.74. The summed E-state index contributed by atoms with van der Waals surface area (Å²) in [6.45, 7) is -0.410. The summed E-state index contributed by atoms with van der Waals surface area (Å²) >= 11 is 0. The lowest BCUT2D eigenvalue weighted by atomic mass is 10.2. The molecule has 1 fully saturated rings.